The van der Waals surface area contributed by atoms with E-state index in [0.29, 0.717) is 6.54 Å². The first-order valence-electron chi connectivity index (χ1n) is 7.29. The smallest absolute Gasteiger partial charge is 0.407 e. The highest BCUT2D eigenvalue weighted by Gasteiger charge is 2.15. The molecular formula is C14H30N4O3. The minimum atomic E-state index is -0.462. The quantitative estimate of drug-likeness (QED) is 0.355. The molecule has 0 spiro atoms. The van der Waals surface area contributed by atoms with E-state index in [9.17, 15) is 4.79 Å². The molecule has 0 saturated heterocycles. The number of guanidine groups is 1. The summed E-state index contributed by atoms with van der Waals surface area (Å²) >= 11 is 0. The lowest BCUT2D eigenvalue weighted by Gasteiger charge is -2.19. The third-order valence-corrected chi connectivity index (χ3v) is 2.36. The molecule has 0 radical (unpaired) electrons. The highest BCUT2D eigenvalue weighted by molar-refractivity contribution is 5.79. The Labute approximate surface area is 127 Å². The Kier molecular flexibility index (Phi) is 10.4. The van der Waals surface area contributed by atoms with Crippen molar-refractivity contribution in [3.05, 3.63) is 0 Å². The van der Waals surface area contributed by atoms with Crippen molar-refractivity contribution in [1.29, 1.82) is 0 Å². The molecule has 0 bridgehead atoms. The van der Waals surface area contributed by atoms with Crippen LogP contribution in [0.4, 0.5) is 4.79 Å². The number of alkyl carbamates (subject to hydrolysis) is 1. The van der Waals surface area contributed by atoms with Gasteiger partial charge in [-0.15, -0.1) is 0 Å². The van der Waals surface area contributed by atoms with Gasteiger partial charge < -0.3 is 25.4 Å². The Hall–Kier alpha value is -1.50. The third-order valence-electron chi connectivity index (χ3n) is 2.36. The van der Waals surface area contributed by atoms with Gasteiger partial charge in [-0.05, 0) is 33.6 Å². The van der Waals surface area contributed by atoms with Crippen LogP contribution in [0.2, 0.25) is 0 Å². The van der Waals surface area contributed by atoms with Crippen LogP contribution in [0.25, 0.3) is 0 Å². The molecule has 0 aliphatic heterocycles. The van der Waals surface area contributed by atoms with Crippen LogP contribution in [0, 0.1) is 0 Å². The summed E-state index contributed by atoms with van der Waals surface area (Å²) in [6, 6.07) is 0. The van der Waals surface area contributed by atoms with Gasteiger partial charge in [0.05, 0.1) is 0 Å². The first kappa shape index (κ1) is 19.5. The van der Waals surface area contributed by atoms with E-state index >= 15 is 0 Å². The average molecular weight is 302 g/mol. The Morgan fingerprint density at radius 2 is 1.62 bits per heavy atom. The number of nitrogens with zero attached hydrogens (tertiary/aromatic N) is 1. The Morgan fingerprint density at radius 3 is 2.14 bits per heavy atom. The molecule has 0 aromatic rings. The number of carbonyl (C=O) groups is 1. The van der Waals surface area contributed by atoms with Crippen molar-refractivity contribution in [2.75, 3.05) is 40.4 Å². The van der Waals surface area contributed by atoms with Gasteiger partial charge in [0.2, 0.25) is 0 Å². The highest BCUT2D eigenvalue weighted by atomic mass is 16.6. The molecule has 0 unspecified atom stereocenters. The number of hydrogen-bond donors (Lipinski definition) is 3. The molecule has 7 heteroatoms. The van der Waals surface area contributed by atoms with Crippen molar-refractivity contribution in [2.24, 2.45) is 4.99 Å². The average Bonchev–Trinajstić information content (AvgIpc) is 2.38. The Bertz CT molecular complexity index is 314. The normalized spacial score (nSPS) is 12.0. The monoisotopic (exact) mass is 302 g/mol. The maximum Gasteiger partial charge on any atom is 0.407 e. The first-order valence-corrected chi connectivity index (χ1v) is 7.29. The lowest BCUT2D eigenvalue weighted by atomic mass is 10.2. The van der Waals surface area contributed by atoms with Gasteiger partial charge in [0.15, 0.2) is 5.96 Å². The van der Waals surface area contributed by atoms with E-state index in [1.54, 1.807) is 14.2 Å². The van der Waals surface area contributed by atoms with Crippen LogP contribution in [-0.2, 0) is 9.47 Å². The third kappa shape index (κ3) is 13.2. The number of amides is 1. The SMILES string of the molecule is CN=C(NCCCNC(=O)OC(C)(C)C)NCCCOC. The molecule has 3 N–H and O–H groups in total. The summed E-state index contributed by atoms with van der Waals surface area (Å²) in [5.74, 6) is 0.753. The fraction of sp³-hybridized carbons (Fsp3) is 0.857. The minimum Gasteiger partial charge on any atom is -0.444 e. The Morgan fingerprint density at radius 1 is 1.05 bits per heavy atom. The Balaban J connectivity index is 3.62. The van der Waals surface area contributed by atoms with Crippen molar-refractivity contribution in [3.63, 3.8) is 0 Å². The van der Waals surface area contributed by atoms with Crippen LogP contribution in [0.3, 0.4) is 0 Å². The molecule has 0 rings (SSSR count). The number of carbonyl (C=O) groups excluding carboxylic acids is 1. The van der Waals surface area contributed by atoms with Crippen molar-refractivity contribution in [1.82, 2.24) is 16.0 Å². The number of rotatable bonds is 8. The van der Waals surface area contributed by atoms with E-state index < -0.39 is 5.60 Å². The van der Waals surface area contributed by atoms with E-state index in [-0.39, 0.29) is 6.09 Å². The predicted octanol–water partition coefficient (Wildman–Crippen LogP) is 1.10. The van der Waals surface area contributed by atoms with Crippen LogP contribution in [0.5, 0.6) is 0 Å². The number of ether oxygens (including phenoxy) is 2. The maximum atomic E-state index is 11.4. The molecule has 0 aromatic carbocycles. The van der Waals surface area contributed by atoms with Gasteiger partial charge >= 0.3 is 6.09 Å². The van der Waals surface area contributed by atoms with E-state index in [4.69, 9.17) is 9.47 Å². The number of methoxy groups -OCH3 is 1. The number of nitrogens with one attached hydrogen (secondary N) is 3. The molecule has 0 atom stereocenters. The molecule has 0 fully saturated rings. The molecule has 7 nitrogen and oxygen atoms in total. The van der Waals surface area contributed by atoms with Crippen molar-refractivity contribution in [2.45, 2.75) is 39.2 Å². The van der Waals surface area contributed by atoms with Gasteiger partial charge in [-0.1, -0.05) is 0 Å². The van der Waals surface area contributed by atoms with Crippen LogP contribution in [-0.4, -0.2) is 58.1 Å². The largest absolute Gasteiger partial charge is 0.444 e. The van der Waals surface area contributed by atoms with Gasteiger partial charge in [-0.25, -0.2) is 4.79 Å². The fourth-order valence-corrected chi connectivity index (χ4v) is 1.44. The van der Waals surface area contributed by atoms with Crippen molar-refractivity contribution < 1.29 is 14.3 Å². The summed E-state index contributed by atoms with van der Waals surface area (Å²) in [6.07, 6.45) is 1.33. The zero-order valence-electron chi connectivity index (χ0n) is 13.9. The van der Waals surface area contributed by atoms with Crippen LogP contribution in [0.15, 0.2) is 4.99 Å². The molecule has 124 valence electrons. The van der Waals surface area contributed by atoms with Crippen LogP contribution in [0.1, 0.15) is 33.6 Å². The molecule has 21 heavy (non-hydrogen) atoms. The first-order chi connectivity index (χ1) is 9.89. The molecule has 1 amide bonds. The summed E-state index contributed by atoms with van der Waals surface area (Å²) in [7, 11) is 3.41. The summed E-state index contributed by atoms with van der Waals surface area (Å²) in [5, 5.41) is 9.07. The molecule has 0 heterocycles. The molecule has 0 aliphatic rings. The molecule has 0 aliphatic carbocycles. The topological polar surface area (TPSA) is 84.0 Å². The lowest BCUT2D eigenvalue weighted by molar-refractivity contribution is 0.0527. The minimum absolute atomic E-state index is 0.385. The van der Waals surface area contributed by atoms with Gasteiger partial charge in [0.1, 0.15) is 5.60 Å². The maximum absolute atomic E-state index is 11.4. The lowest BCUT2D eigenvalue weighted by Crippen LogP contribution is -2.39. The second-order valence-corrected chi connectivity index (χ2v) is 5.55. The van der Waals surface area contributed by atoms with Gasteiger partial charge in [-0.3, -0.25) is 4.99 Å². The van der Waals surface area contributed by atoms with Crippen molar-refractivity contribution in [3.8, 4) is 0 Å². The fourth-order valence-electron chi connectivity index (χ4n) is 1.44. The second kappa shape index (κ2) is 11.2. The second-order valence-electron chi connectivity index (χ2n) is 5.55. The van der Waals surface area contributed by atoms with E-state index in [2.05, 4.69) is 20.9 Å². The predicted molar refractivity (Wildman–Crippen MR) is 84.7 cm³/mol. The van der Waals surface area contributed by atoms with Crippen LogP contribution < -0.4 is 16.0 Å². The summed E-state index contributed by atoms with van der Waals surface area (Å²) < 4.78 is 10.1. The number of aliphatic imine (C=N–C) groups is 1. The van der Waals surface area contributed by atoms with E-state index in [0.717, 1.165) is 38.5 Å². The molecule has 0 saturated carbocycles. The zero-order valence-corrected chi connectivity index (χ0v) is 13.9. The van der Waals surface area contributed by atoms with Gasteiger partial charge in [0.25, 0.3) is 0 Å². The number of hydrogen-bond acceptors (Lipinski definition) is 4. The van der Waals surface area contributed by atoms with Crippen molar-refractivity contribution >= 4 is 12.1 Å². The summed E-state index contributed by atoms with van der Waals surface area (Å²) in [6.45, 7) is 8.34. The standard InChI is InChI=1S/C14H30N4O3/c1-14(2,3)21-13(19)18-9-6-8-16-12(15-4)17-10-7-11-20-5/h6-11H2,1-5H3,(H,18,19)(H2,15,16,17). The summed E-state index contributed by atoms with van der Waals surface area (Å²) in [5.41, 5.74) is -0.462. The van der Waals surface area contributed by atoms with E-state index in [1.807, 2.05) is 20.8 Å². The van der Waals surface area contributed by atoms with Gasteiger partial charge in [0, 0.05) is 40.4 Å². The summed E-state index contributed by atoms with van der Waals surface area (Å²) in [4.78, 5) is 15.5. The molecule has 0 aromatic heterocycles. The van der Waals surface area contributed by atoms with Crippen LogP contribution >= 0.6 is 0 Å². The zero-order chi connectivity index (χ0) is 16.1. The highest BCUT2D eigenvalue weighted by Crippen LogP contribution is 2.06. The van der Waals surface area contributed by atoms with Gasteiger partial charge in [-0.2, -0.15) is 0 Å². The van der Waals surface area contributed by atoms with E-state index in [1.165, 1.54) is 0 Å². The molecular weight excluding hydrogens is 272 g/mol.